The van der Waals surface area contributed by atoms with Crippen LogP contribution in [0.2, 0.25) is 0 Å². The normalized spacial score (nSPS) is 12.2. The number of carbonyl (C=O) groups excluding carboxylic acids is 9. The molecule has 0 unspecified atom stereocenters. The fourth-order valence-electron chi connectivity index (χ4n) is 7.55. The molecule has 0 radical (unpaired) electrons. The van der Waals surface area contributed by atoms with Gasteiger partial charge in [-0.1, -0.05) is 63.7 Å². The summed E-state index contributed by atoms with van der Waals surface area (Å²) in [6.07, 6.45) is 8.25. The van der Waals surface area contributed by atoms with E-state index in [2.05, 4.69) is 82.6 Å². The van der Waals surface area contributed by atoms with Gasteiger partial charge in [0.1, 0.15) is 26.4 Å². The van der Waals surface area contributed by atoms with Crippen LogP contribution in [0.4, 0.5) is 0 Å². The first-order chi connectivity index (χ1) is 46.5. The van der Waals surface area contributed by atoms with Crippen LogP contribution in [0.3, 0.4) is 0 Å². The number of primary amides is 1. The molecule has 17 N–H and O–H groups in total. The third-order valence-corrected chi connectivity index (χ3v) is 13.8. The second-order valence-corrected chi connectivity index (χ2v) is 22.7. The van der Waals surface area contributed by atoms with Crippen LogP contribution >= 0.6 is 0 Å². The van der Waals surface area contributed by atoms with E-state index in [0.29, 0.717) is 63.2 Å². The van der Waals surface area contributed by atoms with Crippen LogP contribution in [0.5, 0.6) is 0 Å². The van der Waals surface area contributed by atoms with Crippen molar-refractivity contribution in [1.29, 1.82) is 0 Å². The lowest BCUT2D eigenvalue weighted by molar-refractivity contribution is -0.127. The minimum atomic E-state index is -0.724. The van der Waals surface area contributed by atoms with Crippen LogP contribution in [0.1, 0.15) is 153 Å². The standard InChI is InChI=1S/C55H105N15O19.C6H14.C2H6/c1-41(69-80)54(3,4)66-33-43(34-67-55(5,6)42(2)70-81)68-48(74)15-10-14-45(71)58-16-8-7-11-44(53(57)79)64-40-65-52(78)38-89-32-28-85-24-20-62-50(76)36-87-30-26-83-22-18-60-47(73)13-9-12-46(72)59-17-21-82-25-29-86-35-49(75)61-19-23-84-27-31-88-37-51(77)63-39-56;1-3-5-6-4-2;1-2/h43-44,64,66-67,80-81H,7-40,56H2,1-6H3,(H2,57,79)(H,58,71)(H,59,72)(H,60,73)(H,61,75)(H,62,76)(H,63,77)(H,65,78)(H,68,74);3-6H2,1-2H3;1-2H3/b69-41+,70-42+;;/t44-;;/m0../s1. The summed E-state index contributed by atoms with van der Waals surface area (Å²) in [6, 6.07) is -1.12. The van der Waals surface area contributed by atoms with E-state index in [4.69, 9.17) is 49.4 Å². The molecule has 1 atom stereocenters. The number of unbranched alkanes of at least 4 members (excludes halogenated alkanes) is 4. The lowest BCUT2D eigenvalue weighted by atomic mass is 9.98. The second kappa shape index (κ2) is 65.6. The van der Waals surface area contributed by atoms with Gasteiger partial charge < -0.3 is 113 Å². The molecule has 0 spiro atoms. The van der Waals surface area contributed by atoms with Crippen LogP contribution in [0.25, 0.3) is 0 Å². The minimum Gasteiger partial charge on any atom is -0.411 e. The van der Waals surface area contributed by atoms with Gasteiger partial charge >= 0.3 is 0 Å². The molecule has 0 aromatic heterocycles. The van der Waals surface area contributed by atoms with Crippen molar-refractivity contribution in [3.8, 4) is 0 Å². The number of rotatable bonds is 62. The van der Waals surface area contributed by atoms with Crippen LogP contribution in [-0.2, 0) is 81.0 Å². The maximum absolute atomic E-state index is 12.9. The summed E-state index contributed by atoms with van der Waals surface area (Å²) in [7, 11) is 0. The van der Waals surface area contributed by atoms with Crippen molar-refractivity contribution in [3.63, 3.8) is 0 Å². The highest BCUT2D eigenvalue weighted by atomic mass is 16.5. The molecule has 0 bridgehead atoms. The van der Waals surface area contributed by atoms with Crippen LogP contribution in [-0.4, -0.2) is 263 Å². The number of nitrogens with one attached hydrogen (secondary N) is 11. The Kier molecular flexibility index (Phi) is 64.2. The summed E-state index contributed by atoms with van der Waals surface area (Å²) in [5.41, 5.74) is 10.3. The van der Waals surface area contributed by atoms with Crippen molar-refractivity contribution in [3.05, 3.63) is 0 Å². The first-order valence-corrected chi connectivity index (χ1v) is 33.9. The van der Waals surface area contributed by atoms with Crippen LogP contribution < -0.4 is 70.0 Å². The summed E-state index contributed by atoms with van der Waals surface area (Å²) in [6.45, 7) is 23.1. The van der Waals surface area contributed by atoms with Gasteiger partial charge in [0.15, 0.2) is 0 Å². The molecule has 0 fully saturated rings. The number of nitrogens with two attached hydrogens (primary N) is 2. The maximum atomic E-state index is 12.9. The average Bonchev–Trinajstić information content (AvgIpc) is 1.00. The molecule has 0 aliphatic heterocycles. The van der Waals surface area contributed by atoms with Gasteiger partial charge in [-0.25, -0.2) is 0 Å². The quantitative estimate of drug-likeness (QED) is 0.0118. The average molecular weight is 1400 g/mol. The molecular formula is C63H125N15O19. The summed E-state index contributed by atoms with van der Waals surface area (Å²) < 4.78 is 42.5. The second-order valence-electron chi connectivity index (χ2n) is 22.7. The number of amides is 9. The Hall–Kier alpha value is -6.31. The van der Waals surface area contributed by atoms with Crippen molar-refractivity contribution < 1.29 is 91.5 Å². The Morgan fingerprint density at radius 1 is 0.423 bits per heavy atom. The fourth-order valence-corrected chi connectivity index (χ4v) is 7.55. The Labute approximate surface area is 575 Å². The van der Waals surface area contributed by atoms with E-state index in [1.54, 1.807) is 13.8 Å². The summed E-state index contributed by atoms with van der Waals surface area (Å²) in [4.78, 5) is 109. The molecule has 0 aromatic carbocycles. The van der Waals surface area contributed by atoms with E-state index in [1.165, 1.54) is 25.7 Å². The molecule has 0 aromatic rings. The van der Waals surface area contributed by atoms with Gasteiger partial charge in [-0.3, -0.25) is 48.5 Å². The zero-order valence-electron chi connectivity index (χ0n) is 59.9. The minimum absolute atomic E-state index is 0.0340. The molecule has 0 aliphatic rings. The van der Waals surface area contributed by atoms with Gasteiger partial charge in [-0.15, -0.1) is 0 Å². The molecule has 0 saturated carbocycles. The Balaban J connectivity index is -0.0000104. The fraction of sp³-hybridized carbons (Fsp3) is 0.825. The Bertz CT molecular complexity index is 2110. The van der Waals surface area contributed by atoms with Gasteiger partial charge in [-0.05, 0) is 73.6 Å². The van der Waals surface area contributed by atoms with E-state index in [9.17, 15) is 53.6 Å². The van der Waals surface area contributed by atoms with Gasteiger partial charge in [-0.2, -0.15) is 0 Å². The molecular weight excluding hydrogens is 1270 g/mol. The number of nitrogens with zero attached hydrogens (tertiary/aromatic N) is 2. The van der Waals surface area contributed by atoms with Gasteiger partial charge in [0.25, 0.3) is 0 Å². The van der Waals surface area contributed by atoms with Crippen molar-refractivity contribution in [2.45, 2.75) is 176 Å². The number of hydrogen-bond donors (Lipinski definition) is 15. The molecule has 0 saturated heterocycles. The van der Waals surface area contributed by atoms with Crippen molar-refractivity contribution in [1.82, 2.24) is 58.5 Å². The highest BCUT2D eigenvalue weighted by molar-refractivity contribution is 5.90. The van der Waals surface area contributed by atoms with Crippen LogP contribution in [0.15, 0.2) is 10.3 Å². The van der Waals surface area contributed by atoms with Crippen LogP contribution in [0, 0.1) is 0 Å². The largest absolute Gasteiger partial charge is 0.411 e. The van der Waals surface area contributed by atoms with Crippen molar-refractivity contribution in [2.24, 2.45) is 21.8 Å². The molecule has 0 rings (SSSR count). The predicted molar refractivity (Wildman–Crippen MR) is 367 cm³/mol. The zero-order valence-corrected chi connectivity index (χ0v) is 59.9. The first-order valence-electron chi connectivity index (χ1n) is 33.9. The monoisotopic (exact) mass is 1400 g/mol. The van der Waals surface area contributed by atoms with Gasteiger partial charge in [0, 0.05) is 71.5 Å². The number of hydrogen-bond acceptors (Lipinski definition) is 25. The zero-order chi connectivity index (χ0) is 73.2. The van der Waals surface area contributed by atoms with E-state index in [1.807, 2.05) is 41.5 Å². The molecule has 9 amide bonds. The molecule has 97 heavy (non-hydrogen) atoms. The first kappa shape index (κ1) is 94.9. The topological polar surface area (TPSA) is 477 Å². The maximum Gasteiger partial charge on any atom is 0.246 e. The molecule has 0 heterocycles. The lowest BCUT2D eigenvalue weighted by Crippen LogP contribution is -2.57. The lowest BCUT2D eigenvalue weighted by Gasteiger charge is -2.32. The third kappa shape index (κ3) is 61.7. The predicted octanol–water partition coefficient (Wildman–Crippen LogP) is -0.705. The highest BCUT2D eigenvalue weighted by Gasteiger charge is 2.27. The smallest absolute Gasteiger partial charge is 0.246 e. The number of oxime groups is 2. The van der Waals surface area contributed by atoms with E-state index >= 15 is 0 Å². The molecule has 34 nitrogen and oxygen atoms in total. The number of ether oxygens (including phenoxy) is 8. The summed E-state index contributed by atoms with van der Waals surface area (Å²) in [5, 5.41) is 56.1. The summed E-state index contributed by atoms with van der Waals surface area (Å²) in [5.74, 6) is -2.92. The SMILES string of the molecule is C/C(=N\O)C(C)(C)NCC(CNC(C)(C)/C(C)=N/O)NC(=O)CCCC(=O)NCCCC[C@H](NCNC(=O)COCCOCCNC(=O)COCCOCCNC(=O)CCCC(=O)NCCOCCOCC(=O)NCCOCCOCC(=O)NCN)C(N)=O.CC.CCCCCC. The van der Waals surface area contributed by atoms with E-state index in [-0.39, 0.29) is 212 Å². The Morgan fingerprint density at radius 3 is 1.10 bits per heavy atom. The number of carbonyl (C=O) groups is 9. The third-order valence-electron chi connectivity index (χ3n) is 13.8. The van der Waals surface area contributed by atoms with Gasteiger partial charge in [0.05, 0.1) is 127 Å². The summed E-state index contributed by atoms with van der Waals surface area (Å²) >= 11 is 0. The van der Waals surface area contributed by atoms with Crippen molar-refractivity contribution in [2.75, 3.05) is 165 Å². The van der Waals surface area contributed by atoms with E-state index in [0.717, 1.165) is 0 Å². The van der Waals surface area contributed by atoms with Gasteiger partial charge in [0.2, 0.25) is 53.2 Å². The molecule has 34 heteroatoms. The molecule has 566 valence electrons. The molecule has 0 aliphatic carbocycles. The van der Waals surface area contributed by atoms with Crippen molar-refractivity contribution >= 4 is 64.6 Å². The van der Waals surface area contributed by atoms with E-state index < -0.39 is 35.0 Å². The Morgan fingerprint density at radius 2 is 0.753 bits per heavy atom. The highest BCUT2D eigenvalue weighted by Crippen LogP contribution is 2.09.